The van der Waals surface area contributed by atoms with E-state index in [1.54, 1.807) is 30.1 Å². The van der Waals surface area contributed by atoms with Crippen molar-refractivity contribution in [1.29, 1.82) is 0 Å². The van der Waals surface area contributed by atoms with Gasteiger partial charge in [0.05, 0.1) is 23.1 Å². The van der Waals surface area contributed by atoms with Crippen LogP contribution in [0.1, 0.15) is 31.0 Å². The van der Waals surface area contributed by atoms with Crippen LogP contribution in [0.3, 0.4) is 0 Å². The van der Waals surface area contributed by atoms with Crippen LogP contribution >= 0.6 is 12.2 Å². The summed E-state index contributed by atoms with van der Waals surface area (Å²) in [5, 5.41) is 14.1. The van der Waals surface area contributed by atoms with Crippen LogP contribution < -0.4 is 15.5 Å². The minimum absolute atomic E-state index is 0.280. The summed E-state index contributed by atoms with van der Waals surface area (Å²) in [7, 11) is 1.79. The first-order chi connectivity index (χ1) is 19.1. The third kappa shape index (κ3) is 5.89. The van der Waals surface area contributed by atoms with Crippen LogP contribution in [0.5, 0.6) is 5.75 Å². The second-order valence-electron chi connectivity index (χ2n) is 9.38. The molecule has 7 nitrogen and oxygen atoms in total. The van der Waals surface area contributed by atoms with E-state index in [9.17, 15) is 13.2 Å². The van der Waals surface area contributed by atoms with Gasteiger partial charge in [0, 0.05) is 29.1 Å². The fourth-order valence-electron chi connectivity index (χ4n) is 4.53. The van der Waals surface area contributed by atoms with E-state index in [2.05, 4.69) is 50.6 Å². The number of halogens is 3. The summed E-state index contributed by atoms with van der Waals surface area (Å²) in [6.07, 6.45) is -3.16. The van der Waals surface area contributed by atoms with Gasteiger partial charge in [0.2, 0.25) is 0 Å². The van der Waals surface area contributed by atoms with Gasteiger partial charge >= 0.3 is 6.36 Å². The maximum atomic E-state index is 12.5. The molecule has 0 spiro atoms. The van der Waals surface area contributed by atoms with E-state index in [0.717, 1.165) is 38.8 Å². The average Bonchev–Trinajstić information content (AvgIpc) is 3.24. The van der Waals surface area contributed by atoms with Crippen LogP contribution in [-0.4, -0.2) is 32.5 Å². The zero-order valence-corrected chi connectivity index (χ0v) is 22.6. The topological polar surface area (TPSA) is 76.4 Å². The number of benzene rings is 3. The molecule has 0 amide bonds. The van der Waals surface area contributed by atoms with Gasteiger partial charge in [-0.1, -0.05) is 32.0 Å². The molecule has 0 saturated heterocycles. The number of nitrogens with zero attached hydrogens (tertiary/aromatic N) is 4. The highest BCUT2D eigenvalue weighted by atomic mass is 32.1. The first-order valence-electron chi connectivity index (χ1n) is 12.4. The first-order valence-corrected chi connectivity index (χ1v) is 12.8. The van der Waals surface area contributed by atoms with Crippen molar-refractivity contribution in [3.63, 3.8) is 0 Å². The second-order valence-corrected chi connectivity index (χ2v) is 9.78. The number of hydrazone groups is 1. The Hall–Kier alpha value is -4.51. The Kier molecular flexibility index (Phi) is 7.40. The average molecular weight is 563 g/mol. The number of aryl methyl sites for hydroxylation is 1. The number of hydrogen-bond donors (Lipinski definition) is 2. The Morgan fingerprint density at radius 2 is 1.73 bits per heavy atom. The molecule has 0 unspecified atom stereocenters. The molecule has 0 aliphatic heterocycles. The molecule has 5 aromatic rings. The lowest BCUT2D eigenvalue weighted by atomic mass is 10.0. The van der Waals surface area contributed by atoms with Crippen LogP contribution in [0.15, 0.2) is 77.9 Å². The number of nitrogens with one attached hydrogen (secondary N) is 2. The highest BCUT2D eigenvalue weighted by molar-refractivity contribution is 7.80. The third-order valence-electron chi connectivity index (χ3n) is 6.25. The Balaban J connectivity index is 1.34. The SMILES string of the molecule is CC(C)c1ccccc1NC(=S)N/N=C/c1ccc2c(ccc3c(-c4ccc(OC(F)(F)F)cc4)n(C)nc32)n1. The maximum Gasteiger partial charge on any atom is 0.573 e. The van der Waals surface area contributed by atoms with Crippen molar-refractivity contribution < 1.29 is 17.9 Å². The Labute approximate surface area is 233 Å². The summed E-state index contributed by atoms with van der Waals surface area (Å²) in [5.74, 6) is 0.0647. The molecule has 11 heteroatoms. The largest absolute Gasteiger partial charge is 0.573 e. The van der Waals surface area contributed by atoms with E-state index in [-0.39, 0.29) is 5.75 Å². The van der Waals surface area contributed by atoms with Crippen LogP contribution in [0.25, 0.3) is 33.1 Å². The normalized spacial score (nSPS) is 12.0. The van der Waals surface area contributed by atoms with Gasteiger partial charge in [0.15, 0.2) is 5.11 Å². The molecule has 0 fully saturated rings. The molecular weight excluding hydrogens is 537 g/mol. The number of pyridine rings is 1. The van der Waals surface area contributed by atoms with E-state index in [1.165, 1.54) is 12.1 Å². The van der Waals surface area contributed by atoms with Crippen LogP contribution in [-0.2, 0) is 7.05 Å². The third-order valence-corrected chi connectivity index (χ3v) is 6.44. The zero-order chi connectivity index (χ0) is 28.4. The number of rotatable bonds is 6. The zero-order valence-electron chi connectivity index (χ0n) is 21.8. The predicted molar refractivity (Wildman–Crippen MR) is 156 cm³/mol. The lowest BCUT2D eigenvalue weighted by Gasteiger charge is -2.14. The number of aromatic nitrogens is 3. The van der Waals surface area contributed by atoms with E-state index in [0.29, 0.717) is 22.3 Å². The molecule has 40 heavy (non-hydrogen) atoms. The quantitative estimate of drug-likeness (QED) is 0.130. The summed E-state index contributed by atoms with van der Waals surface area (Å²) in [6.45, 7) is 4.24. The molecule has 0 aliphatic rings. The number of anilines is 1. The lowest BCUT2D eigenvalue weighted by Crippen LogP contribution is -2.24. The van der Waals surface area contributed by atoms with Crippen LogP contribution in [0, 0.1) is 0 Å². The van der Waals surface area contributed by atoms with Crippen molar-refractivity contribution in [3.8, 4) is 17.0 Å². The van der Waals surface area contributed by atoms with E-state index in [4.69, 9.17) is 12.2 Å². The molecule has 2 heterocycles. The molecular formula is C29H25F3N6OS. The standard InChI is InChI=1S/C29H25F3N6OS/c1-17(2)21-6-4-5-7-24(21)35-28(40)36-33-16-19-10-13-22-25(34-19)15-14-23-26(22)37-38(3)27(23)18-8-11-20(12-9-18)39-29(30,31)32/h4-17H,1-3H3,(H2,35,36,40)/b33-16+. The van der Waals surface area contributed by atoms with Crippen molar-refractivity contribution in [2.24, 2.45) is 12.1 Å². The van der Waals surface area contributed by atoms with E-state index in [1.807, 2.05) is 42.5 Å². The molecule has 3 aromatic carbocycles. The summed E-state index contributed by atoms with van der Waals surface area (Å²) < 4.78 is 43.3. The van der Waals surface area contributed by atoms with Crippen molar-refractivity contribution in [2.75, 3.05) is 5.32 Å². The number of para-hydroxylation sites is 1. The number of hydrogen-bond acceptors (Lipinski definition) is 5. The molecule has 2 aromatic heterocycles. The molecule has 0 aliphatic carbocycles. The smallest absolute Gasteiger partial charge is 0.406 e. The van der Waals surface area contributed by atoms with Gasteiger partial charge in [0.25, 0.3) is 0 Å². The first kappa shape index (κ1) is 27.1. The van der Waals surface area contributed by atoms with Crippen molar-refractivity contribution in [2.45, 2.75) is 26.1 Å². The minimum Gasteiger partial charge on any atom is -0.406 e. The van der Waals surface area contributed by atoms with Gasteiger partial charge in [-0.25, -0.2) is 4.98 Å². The summed E-state index contributed by atoms with van der Waals surface area (Å²) in [6, 6.07) is 21.2. The van der Waals surface area contributed by atoms with Gasteiger partial charge < -0.3 is 10.1 Å². The Morgan fingerprint density at radius 1 is 1.00 bits per heavy atom. The molecule has 5 rings (SSSR count). The molecule has 0 atom stereocenters. The number of alkyl halides is 3. The molecule has 204 valence electrons. The molecule has 0 bridgehead atoms. The van der Waals surface area contributed by atoms with Crippen molar-refractivity contribution in [1.82, 2.24) is 20.2 Å². The maximum absolute atomic E-state index is 12.5. The predicted octanol–water partition coefficient (Wildman–Crippen LogP) is 7.13. The lowest BCUT2D eigenvalue weighted by molar-refractivity contribution is -0.274. The van der Waals surface area contributed by atoms with Gasteiger partial charge in [-0.2, -0.15) is 10.2 Å². The second kappa shape index (κ2) is 10.9. The molecule has 0 saturated carbocycles. The van der Waals surface area contributed by atoms with Crippen LogP contribution in [0.2, 0.25) is 0 Å². The van der Waals surface area contributed by atoms with Gasteiger partial charge in [0.1, 0.15) is 11.3 Å². The highest BCUT2D eigenvalue weighted by Gasteiger charge is 2.31. The fraction of sp³-hybridized carbons (Fsp3) is 0.172. The fourth-order valence-corrected chi connectivity index (χ4v) is 4.69. The Bertz CT molecular complexity index is 1730. The summed E-state index contributed by atoms with van der Waals surface area (Å²) in [4.78, 5) is 4.68. The Morgan fingerprint density at radius 3 is 2.45 bits per heavy atom. The minimum atomic E-state index is -4.74. The summed E-state index contributed by atoms with van der Waals surface area (Å²) in [5.41, 5.74) is 8.48. The van der Waals surface area contributed by atoms with Crippen molar-refractivity contribution >= 4 is 51.0 Å². The number of fused-ring (bicyclic) bond motifs is 3. The molecule has 0 radical (unpaired) electrons. The van der Waals surface area contributed by atoms with Crippen molar-refractivity contribution in [3.05, 3.63) is 84.1 Å². The number of thiocarbonyl (C=S) groups is 1. The van der Waals surface area contributed by atoms with E-state index < -0.39 is 6.36 Å². The monoisotopic (exact) mass is 562 g/mol. The molecule has 2 N–H and O–H groups in total. The number of ether oxygens (including phenoxy) is 1. The van der Waals surface area contributed by atoms with Crippen LogP contribution in [0.4, 0.5) is 18.9 Å². The van der Waals surface area contributed by atoms with Gasteiger partial charge in [-0.15, -0.1) is 13.2 Å². The van der Waals surface area contributed by atoms with Gasteiger partial charge in [-0.05, 0) is 78.3 Å². The summed E-state index contributed by atoms with van der Waals surface area (Å²) >= 11 is 5.39. The van der Waals surface area contributed by atoms with E-state index >= 15 is 0 Å². The van der Waals surface area contributed by atoms with Gasteiger partial charge in [-0.3, -0.25) is 10.1 Å². The highest BCUT2D eigenvalue weighted by Crippen LogP contribution is 2.34.